The SMILES string of the molecule is CCCCNc1ccc(NC(=O)Cc2ccc(Cl)cc2)nn1. The van der Waals surface area contributed by atoms with E-state index < -0.39 is 0 Å². The van der Waals surface area contributed by atoms with Crippen molar-refractivity contribution in [1.29, 1.82) is 0 Å². The third-order valence-electron chi connectivity index (χ3n) is 3.05. The van der Waals surface area contributed by atoms with E-state index in [9.17, 15) is 4.79 Å². The van der Waals surface area contributed by atoms with E-state index in [1.54, 1.807) is 24.3 Å². The summed E-state index contributed by atoms with van der Waals surface area (Å²) in [6, 6.07) is 10.7. The molecule has 0 atom stereocenters. The number of amides is 1. The smallest absolute Gasteiger partial charge is 0.229 e. The first-order chi connectivity index (χ1) is 10.7. The number of hydrogen-bond donors (Lipinski definition) is 2. The number of hydrogen-bond acceptors (Lipinski definition) is 4. The number of benzene rings is 1. The van der Waals surface area contributed by atoms with Crippen LogP contribution < -0.4 is 10.6 Å². The summed E-state index contributed by atoms with van der Waals surface area (Å²) in [7, 11) is 0. The average molecular weight is 319 g/mol. The number of nitrogens with zero attached hydrogens (tertiary/aromatic N) is 2. The summed E-state index contributed by atoms with van der Waals surface area (Å²) in [4.78, 5) is 11.9. The molecular formula is C16H19ClN4O. The molecule has 0 spiro atoms. The molecule has 1 aromatic carbocycles. The van der Waals surface area contributed by atoms with Crippen LogP contribution in [0, 0.1) is 0 Å². The van der Waals surface area contributed by atoms with Gasteiger partial charge in [-0.3, -0.25) is 4.79 Å². The number of carbonyl (C=O) groups is 1. The van der Waals surface area contributed by atoms with E-state index in [4.69, 9.17) is 11.6 Å². The number of anilines is 2. The first-order valence-electron chi connectivity index (χ1n) is 7.29. The second-order valence-corrected chi connectivity index (χ2v) is 5.37. The van der Waals surface area contributed by atoms with Crippen molar-refractivity contribution in [3.05, 3.63) is 47.0 Å². The minimum atomic E-state index is -0.136. The van der Waals surface area contributed by atoms with Gasteiger partial charge < -0.3 is 10.6 Å². The van der Waals surface area contributed by atoms with Gasteiger partial charge in [0.2, 0.25) is 5.91 Å². The molecule has 0 aliphatic heterocycles. The van der Waals surface area contributed by atoms with Gasteiger partial charge >= 0.3 is 0 Å². The van der Waals surface area contributed by atoms with E-state index in [1.165, 1.54) is 0 Å². The fourth-order valence-corrected chi connectivity index (χ4v) is 1.99. The van der Waals surface area contributed by atoms with Crippen LogP contribution >= 0.6 is 11.6 Å². The number of rotatable bonds is 7. The Morgan fingerprint density at radius 1 is 1.09 bits per heavy atom. The molecule has 0 saturated heterocycles. The van der Waals surface area contributed by atoms with Gasteiger partial charge in [0, 0.05) is 11.6 Å². The van der Waals surface area contributed by atoms with Crippen LogP contribution in [0.15, 0.2) is 36.4 Å². The lowest BCUT2D eigenvalue weighted by Gasteiger charge is -2.06. The van der Waals surface area contributed by atoms with Crippen LogP contribution in [-0.2, 0) is 11.2 Å². The molecule has 116 valence electrons. The Morgan fingerprint density at radius 3 is 2.41 bits per heavy atom. The fourth-order valence-electron chi connectivity index (χ4n) is 1.86. The maximum Gasteiger partial charge on any atom is 0.229 e. The zero-order valence-electron chi connectivity index (χ0n) is 12.5. The van der Waals surface area contributed by atoms with Crippen LogP contribution in [-0.4, -0.2) is 22.6 Å². The Kier molecular flexibility index (Phi) is 6.15. The molecule has 1 aromatic heterocycles. The topological polar surface area (TPSA) is 66.9 Å². The average Bonchev–Trinajstić information content (AvgIpc) is 2.51. The molecule has 0 radical (unpaired) electrons. The minimum absolute atomic E-state index is 0.136. The highest BCUT2D eigenvalue weighted by atomic mass is 35.5. The zero-order valence-corrected chi connectivity index (χ0v) is 13.2. The van der Waals surface area contributed by atoms with E-state index >= 15 is 0 Å². The van der Waals surface area contributed by atoms with E-state index in [0.717, 1.165) is 24.9 Å². The van der Waals surface area contributed by atoms with Gasteiger partial charge in [0.25, 0.3) is 0 Å². The first kappa shape index (κ1) is 16.2. The summed E-state index contributed by atoms with van der Waals surface area (Å²) in [6.45, 7) is 3.00. The Morgan fingerprint density at radius 2 is 1.77 bits per heavy atom. The molecule has 6 heteroatoms. The Labute approximate surface area is 135 Å². The van der Waals surface area contributed by atoms with Gasteiger partial charge in [-0.1, -0.05) is 37.1 Å². The number of halogens is 1. The quantitative estimate of drug-likeness (QED) is 0.766. The van der Waals surface area contributed by atoms with Crippen molar-refractivity contribution in [3.8, 4) is 0 Å². The fraction of sp³-hybridized carbons (Fsp3) is 0.312. The van der Waals surface area contributed by atoms with Crippen LogP contribution in [0.5, 0.6) is 0 Å². The summed E-state index contributed by atoms with van der Waals surface area (Å²) in [5.41, 5.74) is 0.896. The summed E-state index contributed by atoms with van der Waals surface area (Å²) in [5, 5.41) is 14.6. The van der Waals surface area contributed by atoms with Gasteiger partial charge in [-0.15, -0.1) is 10.2 Å². The van der Waals surface area contributed by atoms with Gasteiger partial charge in [0.05, 0.1) is 6.42 Å². The van der Waals surface area contributed by atoms with Crippen molar-refractivity contribution in [3.63, 3.8) is 0 Å². The Bertz CT molecular complexity index is 599. The van der Waals surface area contributed by atoms with Gasteiger partial charge in [-0.05, 0) is 36.2 Å². The number of aromatic nitrogens is 2. The van der Waals surface area contributed by atoms with Crippen LogP contribution in [0.2, 0.25) is 5.02 Å². The first-order valence-corrected chi connectivity index (χ1v) is 7.67. The van der Waals surface area contributed by atoms with Crippen molar-refractivity contribution in [2.75, 3.05) is 17.2 Å². The Balaban J connectivity index is 1.84. The predicted molar refractivity (Wildman–Crippen MR) is 89.2 cm³/mol. The van der Waals surface area contributed by atoms with E-state index in [0.29, 0.717) is 16.7 Å². The molecule has 0 aliphatic rings. The number of nitrogens with one attached hydrogen (secondary N) is 2. The van der Waals surface area contributed by atoms with Crippen molar-refractivity contribution in [1.82, 2.24) is 10.2 Å². The van der Waals surface area contributed by atoms with Crippen molar-refractivity contribution < 1.29 is 4.79 Å². The van der Waals surface area contributed by atoms with Crippen LogP contribution in [0.25, 0.3) is 0 Å². The van der Waals surface area contributed by atoms with Crippen molar-refractivity contribution >= 4 is 29.1 Å². The lowest BCUT2D eigenvalue weighted by atomic mass is 10.1. The van der Waals surface area contributed by atoms with Gasteiger partial charge in [-0.2, -0.15) is 0 Å². The molecule has 0 bridgehead atoms. The molecule has 0 unspecified atom stereocenters. The number of carbonyl (C=O) groups excluding carboxylic acids is 1. The van der Waals surface area contributed by atoms with Crippen molar-refractivity contribution in [2.24, 2.45) is 0 Å². The molecule has 1 amide bonds. The molecule has 0 fully saturated rings. The molecule has 2 aromatic rings. The molecule has 0 saturated carbocycles. The molecule has 0 aliphatic carbocycles. The van der Waals surface area contributed by atoms with Crippen LogP contribution in [0.4, 0.5) is 11.6 Å². The molecule has 22 heavy (non-hydrogen) atoms. The standard InChI is InChI=1S/C16H19ClN4O/c1-2-3-10-18-14-8-9-15(21-20-14)19-16(22)11-12-4-6-13(17)7-5-12/h4-9H,2-3,10-11H2,1H3,(H,18,20)(H,19,21,22). The molecule has 5 nitrogen and oxygen atoms in total. The highest BCUT2D eigenvalue weighted by Gasteiger charge is 2.05. The maximum absolute atomic E-state index is 11.9. The largest absolute Gasteiger partial charge is 0.369 e. The monoisotopic (exact) mass is 318 g/mol. The summed E-state index contributed by atoms with van der Waals surface area (Å²) < 4.78 is 0. The summed E-state index contributed by atoms with van der Waals surface area (Å²) in [5.74, 6) is 1.02. The predicted octanol–water partition coefficient (Wildman–Crippen LogP) is 3.52. The minimum Gasteiger partial charge on any atom is -0.369 e. The number of unbranched alkanes of at least 4 members (excludes halogenated alkanes) is 1. The Hall–Kier alpha value is -2.14. The molecular weight excluding hydrogens is 300 g/mol. The highest BCUT2D eigenvalue weighted by molar-refractivity contribution is 6.30. The summed E-state index contributed by atoms with van der Waals surface area (Å²) in [6.07, 6.45) is 2.48. The van der Waals surface area contributed by atoms with E-state index in [1.807, 2.05) is 12.1 Å². The van der Waals surface area contributed by atoms with Gasteiger partial charge in [0.15, 0.2) is 5.82 Å². The maximum atomic E-state index is 11.9. The normalized spacial score (nSPS) is 10.3. The molecule has 2 rings (SSSR count). The lowest BCUT2D eigenvalue weighted by Crippen LogP contribution is -2.16. The van der Waals surface area contributed by atoms with Crippen LogP contribution in [0.3, 0.4) is 0 Å². The van der Waals surface area contributed by atoms with Gasteiger partial charge in [-0.25, -0.2) is 0 Å². The van der Waals surface area contributed by atoms with E-state index in [-0.39, 0.29) is 12.3 Å². The molecule has 2 N–H and O–H groups in total. The van der Waals surface area contributed by atoms with Gasteiger partial charge in [0.1, 0.15) is 5.82 Å². The second-order valence-electron chi connectivity index (χ2n) is 4.94. The van der Waals surface area contributed by atoms with Crippen LogP contribution in [0.1, 0.15) is 25.3 Å². The third-order valence-corrected chi connectivity index (χ3v) is 3.30. The summed E-state index contributed by atoms with van der Waals surface area (Å²) >= 11 is 5.81. The lowest BCUT2D eigenvalue weighted by molar-refractivity contribution is -0.115. The second kappa shape index (κ2) is 8.34. The third kappa shape index (κ3) is 5.33. The zero-order chi connectivity index (χ0) is 15.8. The highest BCUT2D eigenvalue weighted by Crippen LogP contribution is 2.11. The van der Waals surface area contributed by atoms with Crippen molar-refractivity contribution in [2.45, 2.75) is 26.2 Å². The molecule has 1 heterocycles. The van der Waals surface area contributed by atoms with E-state index in [2.05, 4.69) is 27.8 Å².